The molecule has 1 saturated carbocycles. The van der Waals surface area contributed by atoms with Crippen molar-refractivity contribution in [2.24, 2.45) is 11.8 Å². The lowest BCUT2D eigenvalue weighted by molar-refractivity contribution is 0.0711. The normalized spacial score (nSPS) is 26.6. The molecule has 3 nitrogen and oxygen atoms in total. The van der Waals surface area contributed by atoms with E-state index in [0.29, 0.717) is 17.9 Å². The first kappa shape index (κ1) is 17.7. The van der Waals surface area contributed by atoms with Gasteiger partial charge >= 0.3 is 7.12 Å². The second-order valence-corrected chi connectivity index (χ2v) is 7.22. The summed E-state index contributed by atoms with van der Waals surface area (Å²) >= 11 is 0. The van der Waals surface area contributed by atoms with Gasteiger partial charge in [0.2, 0.25) is 5.82 Å². The molecule has 1 aromatic carbocycles. The summed E-state index contributed by atoms with van der Waals surface area (Å²) in [5.41, 5.74) is 0.0984. The van der Waals surface area contributed by atoms with Gasteiger partial charge in [-0.05, 0) is 43.1 Å². The summed E-state index contributed by atoms with van der Waals surface area (Å²) in [5.74, 6) is -1.17. The van der Waals surface area contributed by atoms with Gasteiger partial charge in [-0.15, -0.1) is 0 Å². The number of benzene rings is 1. The molecule has 2 N–H and O–H groups in total. The molecule has 6 heteroatoms. The molecule has 1 atom stereocenters. The fraction of sp³-hybridized carbons (Fsp3) is 0.667. The molecule has 0 saturated heterocycles. The summed E-state index contributed by atoms with van der Waals surface area (Å²) in [4.78, 5) is 0. The highest BCUT2D eigenvalue weighted by atomic mass is 19.2. The Bertz CT molecular complexity index is 586. The van der Waals surface area contributed by atoms with Gasteiger partial charge in [0.25, 0.3) is 0 Å². The SMILES string of the molecule is CCCC1CCC(C2CCc3cc(B(O)O)c(F)c(F)c3O2)CC1. The minimum absolute atomic E-state index is 0.0381. The molecular weight excluding hydrogens is 313 g/mol. The van der Waals surface area contributed by atoms with Gasteiger partial charge in [0.05, 0.1) is 0 Å². The Morgan fingerprint density at radius 1 is 1.12 bits per heavy atom. The van der Waals surface area contributed by atoms with Gasteiger partial charge < -0.3 is 14.8 Å². The molecule has 1 aliphatic heterocycles. The second kappa shape index (κ2) is 7.40. The van der Waals surface area contributed by atoms with Crippen LogP contribution in [0.5, 0.6) is 5.75 Å². The Kier molecular flexibility index (Phi) is 5.45. The van der Waals surface area contributed by atoms with Crippen molar-refractivity contribution < 1.29 is 23.6 Å². The maximum atomic E-state index is 14.3. The maximum absolute atomic E-state index is 14.3. The number of halogens is 2. The topological polar surface area (TPSA) is 49.7 Å². The van der Waals surface area contributed by atoms with Crippen LogP contribution in [-0.2, 0) is 6.42 Å². The van der Waals surface area contributed by atoms with E-state index in [4.69, 9.17) is 14.8 Å². The molecule has 0 radical (unpaired) electrons. The molecule has 3 rings (SSSR count). The Balaban J connectivity index is 1.72. The Labute approximate surface area is 142 Å². The minimum atomic E-state index is -2.02. The zero-order valence-corrected chi connectivity index (χ0v) is 14.1. The van der Waals surface area contributed by atoms with E-state index in [9.17, 15) is 8.78 Å². The second-order valence-electron chi connectivity index (χ2n) is 7.22. The van der Waals surface area contributed by atoms with E-state index in [1.807, 2.05) is 0 Å². The van der Waals surface area contributed by atoms with Crippen LogP contribution < -0.4 is 10.2 Å². The zero-order chi connectivity index (χ0) is 17.3. The van der Waals surface area contributed by atoms with Gasteiger partial charge in [-0.1, -0.05) is 38.7 Å². The van der Waals surface area contributed by atoms with E-state index in [1.54, 1.807) is 0 Å². The summed E-state index contributed by atoms with van der Waals surface area (Å²) < 4.78 is 34.1. The largest absolute Gasteiger partial charge is 0.491 e. The number of hydrogen-bond donors (Lipinski definition) is 2. The molecule has 24 heavy (non-hydrogen) atoms. The Morgan fingerprint density at radius 3 is 2.46 bits per heavy atom. The van der Waals surface area contributed by atoms with E-state index in [-0.39, 0.29) is 11.9 Å². The number of fused-ring (bicyclic) bond motifs is 1. The first-order valence-electron chi connectivity index (χ1n) is 9.04. The van der Waals surface area contributed by atoms with E-state index < -0.39 is 24.2 Å². The predicted molar refractivity (Wildman–Crippen MR) is 89.3 cm³/mol. The highest BCUT2D eigenvalue weighted by Gasteiger charge is 2.34. The first-order chi connectivity index (χ1) is 11.5. The first-order valence-corrected chi connectivity index (χ1v) is 9.04. The van der Waals surface area contributed by atoms with E-state index in [0.717, 1.165) is 25.2 Å². The third-order valence-electron chi connectivity index (χ3n) is 5.63. The molecule has 2 aliphatic rings. The van der Waals surface area contributed by atoms with Gasteiger partial charge in [0, 0.05) is 5.46 Å². The molecular formula is C18H25BF2O3. The van der Waals surface area contributed by atoms with Crippen molar-refractivity contribution in [1.82, 2.24) is 0 Å². The summed E-state index contributed by atoms with van der Waals surface area (Å²) in [6.07, 6.45) is 8.31. The third-order valence-corrected chi connectivity index (χ3v) is 5.63. The van der Waals surface area contributed by atoms with Crippen LogP contribution >= 0.6 is 0 Å². The smallest absolute Gasteiger partial charge is 0.487 e. The summed E-state index contributed by atoms with van der Waals surface area (Å²) in [5, 5.41) is 18.3. The highest BCUT2D eigenvalue weighted by molar-refractivity contribution is 6.58. The van der Waals surface area contributed by atoms with Crippen LogP contribution in [0.4, 0.5) is 8.78 Å². The standard InChI is InChI=1S/C18H25BF2O3/c1-2-3-11-4-6-12(7-5-11)15-9-8-13-10-14(19(22)23)16(20)17(21)18(13)24-15/h10-12,15,22-23H,2-9H2,1H3. The summed E-state index contributed by atoms with van der Waals surface area (Å²) in [6.45, 7) is 2.21. The van der Waals surface area contributed by atoms with Crippen LogP contribution in [0.15, 0.2) is 6.07 Å². The van der Waals surface area contributed by atoms with Gasteiger partial charge in [-0.2, -0.15) is 4.39 Å². The maximum Gasteiger partial charge on any atom is 0.491 e. The molecule has 1 aromatic rings. The average molecular weight is 338 g/mol. The van der Waals surface area contributed by atoms with Gasteiger partial charge in [0.1, 0.15) is 6.10 Å². The van der Waals surface area contributed by atoms with Gasteiger partial charge in [-0.3, -0.25) is 0 Å². The van der Waals surface area contributed by atoms with Crippen LogP contribution in [0.3, 0.4) is 0 Å². The third kappa shape index (κ3) is 3.45. The molecule has 0 bridgehead atoms. The highest BCUT2D eigenvalue weighted by Crippen LogP contribution is 2.39. The molecule has 1 fully saturated rings. The van der Waals surface area contributed by atoms with Crippen molar-refractivity contribution in [3.8, 4) is 5.75 Å². The van der Waals surface area contributed by atoms with Crippen LogP contribution in [0, 0.1) is 23.5 Å². The molecule has 0 aromatic heterocycles. The quantitative estimate of drug-likeness (QED) is 0.830. The average Bonchev–Trinajstić information content (AvgIpc) is 2.58. The van der Waals surface area contributed by atoms with Gasteiger partial charge in [-0.25, -0.2) is 4.39 Å². The monoisotopic (exact) mass is 338 g/mol. The van der Waals surface area contributed by atoms with Crippen molar-refractivity contribution in [3.63, 3.8) is 0 Å². The Morgan fingerprint density at radius 2 is 1.83 bits per heavy atom. The lowest BCUT2D eigenvalue weighted by Gasteiger charge is -2.36. The number of aryl methyl sites for hydroxylation is 1. The summed E-state index contributed by atoms with van der Waals surface area (Å²) in [6, 6.07) is 1.31. The summed E-state index contributed by atoms with van der Waals surface area (Å²) in [7, 11) is -2.02. The van der Waals surface area contributed by atoms with Crippen molar-refractivity contribution in [1.29, 1.82) is 0 Å². The van der Waals surface area contributed by atoms with E-state index in [1.165, 1.54) is 31.7 Å². The number of ether oxygens (including phenoxy) is 1. The van der Waals surface area contributed by atoms with Crippen LogP contribution in [0.2, 0.25) is 0 Å². The number of hydrogen-bond acceptors (Lipinski definition) is 3. The fourth-order valence-corrected chi connectivity index (χ4v) is 4.28. The zero-order valence-electron chi connectivity index (χ0n) is 14.1. The lowest BCUT2D eigenvalue weighted by atomic mass is 9.75. The van der Waals surface area contributed by atoms with Crippen LogP contribution in [0.1, 0.15) is 57.4 Å². The molecule has 1 aliphatic carbocycles. The number of rotatable bonds is 4. The van der Waals surface area contributed by atoms with E-state index >= 15 is 0 Å². The Hall–Kier alpha value is -1.14. The minimum Gasteiger partial charge on any atom is -0.487 e. The fourth-order valence-electron chi connectivity index (χ4n) is 4.28. The van der Waals surface area contributed by atoms with Crippen molar-refractivity contribution in [3.05, 3.63) is 23.3 Å². The molecule has 132 valence electrons. The lowest BCUT2D eigenvalue weighted by Crippen LogP contribution is -2.38. The molecule has 0 amide bonds. The molecule has 0 spiro atoms. The van der Waals surface area contributed by atoms with Gasteiger partial charge in [0.15, 0.2) is 11.6 Å². The van der Waals surface area contributed by atoms with Crippen LogP contribution in [0.25, 0.3) is 0 Å². The van der Waals surface area contributed by atoms with E-state index in [2.05, 4.69) is 6.92 Å². The van der Waals surface area contributed by atoms with Crippen LogP contribution in [-0.4, -0.2) is 23.3 Å². The predicted octanol–water partition coefficient (Wildman–Crippen LogP) is 2.94. The molecule has 1 heterocycles. The van der Waals surface area contributed by atoms with Crippen molar-refractivity contribution in [2.75, 3.05) is 0 Å². The van der Waals surface area contributed by atoms with Crippen molar-refractivity contribution in [2.45, 2.75) is 64.4 Å². The molecule has 1 unspecified atom stereocenters. The van der Waals surface area contributed by atoms with Crippen molar-refractivity contribution >= 4 is 12.6 Å².